The van der Waals surface area contributed by atoms with Crippen LogP contribution in [0.15, 0.2) is 61.2 Å². The number of imidazole rings is 1. The number of hydrogen-bond donors (Lipinski definition) is 1. The first kappa shape index (κ1) is 22.1. The third-order valence-corrected chi connectivity index (χ3v) is 6.24. The van der Waals surface area contributed by atoms with Crippen molar-refractivity contribution in [3.8, 4) is 5.69 Å². The first-order chi connectivity index (χ1) is 14.2. The molecule has 0 unspecified atom stereocenters. The molecule has 2 aromatic carbocycles. The van der Waals surface area contributed by atoms with Crippen molar-refractivity contribution in [1.29, 1.82) is 0 Å². The molecule has 0 aliphatic rings. The second kappa shape index (κ2) is 9.07. The highest BCUT2D eigenvalue weighted by Gasteiger charge is 2.30. The average Bonchev–Trinajstić information content (AvgIpc) is 3.22. The fraction of sp³-hybridized carbons (Fsp3) is 0.200. The van der Waals surface area contributed by atoms with Gasteiger partial charge in [-0.2, -0.15) is 0 Å². The van der Waals surface area contributed by atoms with E-state index in [1.807, 2.05) is 28.8 Å². The fourth-order valence-corrected chi connectivity index (χ4v) is 4.68. The largest absolute Gasteiger partial charge is 0.350 e. The second-order valence-corrected chi connectivity index (χ2v) is 9.35. The number of hydrogen-bond acceptors (Lipinski definition) is 4. The third kappa shape index (κ3) is 4.95. The number of carbonyl (C=O) groups is 1. The van der Waals surface area contributed by atoms with Crippen LogP contribution in [-0.2, 0) is 21.4 Å². The van der Waals surface area contributed by atoms with Gasteiger partial charge < -0.3 is 9.88 Å². The maximum absolute atomic E-state index is 12.9. The first-order valence-electron chi connectivity index (χ1n) is 8.97. The minimum atomic E-state index is -3.81. The summed E-state index contributed by atoms with van der Waals surface area (Å²) in [6, 6.07) is 10.9. The van der Waals surface area contributed by atoms with Gasteiger partial charge in [0, 0.05) is 24.0 Å². The molecule has 3 rings (SSSR count). The first-order valence-corrected chi connectivity index (χ1v) is 11.6. The quantitative estimate of drug-likeness (QED) is 0.575. The molecule has 0 bridgehead atoms. The van der Waals surface area contributed by atoms with Crippen LogP contribution in [0.4, 0.5) is 5.69 Å². The lowest BCUT2D eigenvalue weighted by molar-refractivity contribution is -0.122. The molecule has 7 nitrogen and oxygen atoms in total. The van der Waals surface area contributed by atoms with Crippen LogP contribution in [-0.4, -0.2) is 36.2 Å². The predicted molar refractivity (Wildman–Crippen MR) is 119 cm³/mol. The molecule has 0 saturated heterocycles. The Morgan fingerprint density at radius 2 is 1.97 bits per heavy atom. The summed E-state index contributed by atoms with van der Waals surface area (Å²) in [5.41, 5.74) is 1.86. The Kier molecular flexibility index (Phi) is 6.70. The number of para-hydroxylation sites is 1. The highest BCUT2D eigenvalue weighted by Crippen LogP contribution is 2.32. The SMILES string of the molecule is C[C@H](C(=O)NCc1ccccc1-n1ccnc1)N(c1cc(Cl)ccc1Cl)S(C)(=O)=O. The summed E-state index contributed by atoms with van der Waals surface area (Å²) in [6.45, 7) is 1.70. The normalized spacial score (nSPS) is 12.4. The van der Waals surface area contributed by atoms with Crippen LogP contribution in [0.25, 0.3) is 5.69 Å². The van der Waals surface area contributed by atoms with Crippen LogP contribution in [0.3, 0.4) is 0 Å². The summed E-state index contributed by atoms with van der Waals surface area (Å²) in [6.07, 6.45) is 6.14. The topological polar surface area (TPSA) is 84.3 Å². The third-order valence-electron chi connectivity index (χ3n) is 4.46. The summed E-state index contributed by atoms with van der Waals surface area (Å²) >= 11 is 12.2. The van der Waals surface area contributed by atoms with Crippen molar-refractivity contribution >= 4 is 44.8 Å². The zero-order chi connectivity index (χ0) is 21.9. The number of amides is 1. The van der Waals surface area contributed by atoms with Gasteiger partial charge in [-0.15, -0.1) is 0 Å². The van der Waals surface area contributed by atoms with Crippen molar-refractivity contribution in [1.82, 2.24) is 14.9 Å². The van der Waals surface area contributed by atoms with Gasteiger partial charge in [-0.1, -0.05) is 41.4 Å². The van der Waals surface area contributed by atoms with Crippen LogP contribution in [0.2, 0.25) is 10.0 Å². The molecule has 1 atom stereocenters. The number of nitrogens with zero attached hydrogens (tertiary/aromatic N) is 3. The molecule has 0 spiro atoms. The fourth-order valence-electron chi connectivity index (χ4n) is 3.08. The Labute approximate surface area is 185 Å². The molecule has 0 fully saturated rings. The molecule has 0 saturated carbocycles. The van der Waals surface area contributed by atoms with Gasteiger partial charge in [0.2, 0.25) is 15.9 Å². The number of nitrogens with one attached hydrogen (secondary N) is 1. The summed E-state index contributed by atoms with van der Waals surface area (Å²) < 4.78 is 27.7. The molecule has 0 radical (unpaired) electrons. The molecular formula is C20H20Cl2N4O3S. The van der Waals surface area contributed by atoms with Gasteiger partial charge in [-0.05, 0) is 36.8 Å². The molecule has 158 valence electrons. The molecule has 0 aliphatic heterocycles. The number of rotatable bonds is 7. The zero-order valence-corrected chi connectivity index (χ0v) is 18.6. The van der Waals surface area contributed by atoms with Crippen molar-refractivity contribution in [2.45, 2.75) is 19.5 Å². The van der Waals surface area contributed by atoms with Gasteiger partial charge >= 0.3 is 0 Å². The molecule has 30 heavy (non-hydrogen) atoms. The molecule has 10 heteroatoms. The van der Waals surface area contributed by atoms with Crippen LogP contribution < -0.4 is 9.62 Å². The van der Waals surface area contributed by atoms with E-state index < -0.39 is 22.0 Å². The maximum Gasteiger partial charge on any atom is 0.243 e. The smallest absolute Gasteiger partial charge is 0.243 e. The van der Waals surface area contributed by atoms with E-state index in [4.69, 9.17) is 23.2 Å². The van der Waals surface area contributed by atoms with E-state index in [1.54, 1.807) is 24.8 Å². The van der Waals surface area contributed by atoms with Gasteiger partial charge in [0.25, 0.3) is 0 Å². The van der Waals surface area contributed by atoms with Crippen LogP contribution in [0.1, 0.15) is 12.5 Å². The van der Waals surface area contributed by atoms with E-state index in [1.165, 1.54) is 19.1 Å². The Hall–Kier alpha value is -2.55. The number of aromatic nitrogens is 2. The number of benzene rings is 2. The number of carbonyl (C=O) groups excluding carboxylic acids is 1. The van der Waals surface area contributed by atoms with E-state index in [2.05, 4.69) is 10.3 Å². The minimum absolute atomic E-state index is 0.146. The van der Waals surface area contributed by atoms with E-state index in [0.29, 0.717) is 5.02 Å². The van der Waals surface area contributed by atoms with Crippen molar-refractivity contribution in [2.24, 2.45) is 0 Å². The summed E-state index contributed by atoms with van der Waals surface area (Å²) in [7, 11) is -3.81. The molecule has 1 amide bonds. The number of sulfonamides is 1. The van der Waals surface area contributed by atoms with E-state index in [0.717, 1.165) is 21.8 Å². The zero-order valence-electron chi connectivity index (χ0n) is 16.3. The monoisotopic (exact) mass is 466 g/mol. The molecule has 1 N–H and O–H groups in total. The minimum Gasteiger partial charge on any atom is -0.350 e. The molecular weight excluding hydrogens is 447 g/mol. The van der Waals surface area contributed by atoms with Crippen molar-refractivity contribution in [3.63, 3.8) is 0 Å². The summed E-state index contributed by atoms with van der Waals surface area (Å²) in [5, 5.41) is 3.29. The summed E-state index contributed by atoms with van der Waals surface area (Å²) in [4.78, 5) is 16.9. The van der Waals surface area contributed by atoms with Crippen LogP contribution >= 0.6 is 23.2 Å². The van der Waals surface area contributed by atoms with Crippen molar-refractivity contribution < 1.29 is 13.2 Å². The van der Waals surface area contributed by atoms with Gasteiger partial charge in [-0.25, -0.2) is 13.4 Å². The van der Waals surface area contributed by atoms with E-state index >= 15 is 0 Å². The Morgan fingerprint density at radius 3 is 2.63 bits per heavy atom. The Balaban J connectivity index is 1.83. The molecule has 1 heterocycles. The standard InChI is InChI=1S/C20H20Cl2N4O3S/c1-14(26(30(2,28)29)19-11-16(21)7-8-17(19)22)20(27)24-12-15-5-3-4-6-18(15)25-10-9-23-13-25/h3-11,13-14H,12H2,1-2H3,(H,24,27)/t14-/m1/s1. The number of anilines is 1. The highest BCUT2D eigenvalue weighted by molar-refractivity contribution is 7.92. The molecule has 1 aromatic heterocycles. The van der Waals surface area contributed by atoms with Crippen molar-refractivity contribution in [3.05, 3.63) is 76.8 Å². The molecule has 0 aliphatic carbocycles. The van der Waals surface area contributed by atoms with E-state index in [-0.39, 0.29) is 17.3 Å². The maximum atomic E-state index is 12.9. The number of halogens is 2. The van der Waals surface area contributed by atoms with E-state index in [9.17, 15) is 13.2 Å². The lowest BCUT2D eigenvalue weighted by Gasteiger charge is -2.29. The molecule has 3 aromatic rings. The predicted octanol–water partition coefficient (Wildman–Crippen LogP) is 3.65. The van der Waals surface area contributed by atoms with Crippen LogP contribution in [0, 0.1) is 0 Å². The van der Waals surface area contributed by atoms with Gasteiger partial charge in [0.1, 0.15) is 6.04 Å². The Morgan fingerprint density at radius 1 is 1.23 bits per heavy atom. The lowest BCUT2D eigenvalue weighted by Crippen LogP contribution is -2.47. The van der Waals surface area contributed by atoms with Gasteiger partial charge in [-0.3, -0.25) is 9.10 Å². The van der Waals surface area contributed by atoms with Crippen LogP contribution in [0.5, 0.6) is 0 Å². The highest BCUT2D eigenvalue weighted by atomic mass is 35.5. The Bertz CT molecular complexity index is 1150. The lowest BCUT2D eigenvalue weighted by atomic mass is 10.1. The average molecular weight is 467 g/mol. The summed E-state index contributed by atoms with van der Waals surface area (Å²) in [5.74, 6) is -0.475. The van der Waals surface area contributed by atoms with Crippen molar-refractivity contribution in [2.75, 3.05) is 10.6 Å². The van der Waals surface area contributed by atoms with Gasteiger partial charge in [0.15, 0.2) is 0 Å². The van der Waals surface area contributed by atoms with Gasteiger partial charge in [0.05, 0.1) is 29.0 Å². The second-order valence-electron chi connectivity index (χ2n) is 6.65.